The van der Waals surface area contributed by atoms with Crippen LogP contribution in [0.5, 0.6) is 0 Å². The average molecular weight is 2140 g/mol. The molecule has 3 aromatic carbocycles. The van der Waals surface area contributed by atoms with E-state index in [1.165, 1.54) is 17.5 Å². The summed E-state index contributed by atoms with van der Waals surface area (Å²) in [6, 6.07) is 31.7. The lowest BCUT2D eigenvalue weighted by Crippen LogP contribution is -2.64. The van der Waals surface area contributed by atoms with Crippen LogP contribution in [0.4, 0.5) is 26.3 Å². The molecule has 0 saturated carbocycles. The fourth-order valence-corrected chi connectivity index (χ4v) is 30.8. The maximum absolute atomic E-state index is 13.5. The summed E-state index contributed by atoms with van der Waals surface area (Å²) in [6.07, 6.45) is -9.47. The SMILES string of the molecule is CC(C(C)(C)C)C(C)(C)C.CC(C)(C)C(=O)C(C)(C)C.CC(C)(C)C(C(C)(C)C)(C(F)(F)F)C(F)(F)F.CC(C)(C)C(C)(C)C(C)(C)C.CC(C)(C)C(C)(c1ccccc1)C(C)(C)C.CC(C)(C)C(c1ccccc1)C(C)(C)C.CC(C)(C)OC(C)(C)C.CC(C)(C)P(=O)(c1ccccc1)C(C)(C)C.CC(C)(C)PC(C)(C)C.CC(C)(C)S(=O)(=O)C(C)(C)C.CC(C)(C)SC(C)(C)C.CCC(C)(C(C)(C)C)C(C)(C)C. The van der Waals surface area contributed by atoms with Crippen LogP contribution >= 0.6 is 27.5 Å². The quantitative estimate of drug-likeness (QED) is 0.191. The summed E-state index contributed by atoms with van der Waals surface area (Å²) in [5.74, 6) is 1.67. The fourth-order valence-electron chi connectivity index (χ4n) is 20.7. The van der Waals surface area contributed by atoms with Crippen LogP contribution in [-0.2, 0) is 29.3 Å². The van der Waals surface area contributed by atoms with Gasteiger partial charge in [-0.15, -0.1) is 8.58 Å². The third kappa shape index (κ3) is 56.9. The van der Waals surface area contributed by atoms with Crippen LogP contribution < -0.4 is 5.30 Å². The third-order valence-corrected chi connectivity index (χ3v) is 39.4. The first kappa shape index (κ1) is 160. The normalized spacial score (nSPS) is 14.4. The first-order chi connectivity index (χ1) is 61.4. The molecular formula is C130H254F6O5P2S2. The Bertz CT molecular complexity index is 3930. The highest BCUT2D eigenvalue weighted by molar-refractivity contribution is 8.01. The lowest BCUT2D eigenvalue weighted by Gasteiger charge is -2.54. The van der Waals surface area contributed by atoms with Crippen LogP contribution in [0.25, 0.3) is 0 Å². The van der Waals surface area contributed by atoms with Crippen molar-refractivity contribution in [2.24, 2.45) is 98.0 Å². The van der Waals surface area contributed by atoms with E-state index < -0.39 is 55.1 Å². The summed E-state index contributed by atoms with van der Waals surface area (Å²) in [4.78, 5) is 11.5. The lowest BCUT2D eigenvalue weighted by atomic mass is 9.52. The largest absolute Gasteiger partial charge is 0.404 e. The Hall–Kier alpha value is -2.17. The van der Waals surface area contributed by atoms with Crippen LogP contribution in [0, 0.1) is 98.0 Å². The van der Waals surface area contributed by atoms with Crippen LogP contribution in [0.2, 0.25) is 0 Å². The minimum Gasteiger partial charge on any atom is -0.370 e. The van der Waals surface area contributed by atoms with Crippen molar-refractivity contribution < 1.29 is 48.9 Å². The summed E-state index contributed by atoms with van der Waals surface area (Å²) in [5, 5.41) is 1.62. The smallest absolute Gasteiger partial charge is 0.370 e. The van der Waals surface area contributed by atoms with Gasteiger partial charge in [0.05, 0.1) is 20.7 Å². The van der Waals surface area contributed by atoms with Crippen molar-refractivity contribution in [2.75, 3.05) is 0 Å². The standard InChI is InChI=1S/C16H26.C15H24.C14H23OP.C12H26.C11H18F6.C11H24.C10H22.C9H18O.C8H18O2S.C8H18O.C8H19P.C8H18S/c1-14(2,3)16(7,15(4,5)6)13-11-9-8-10-12-13;1-14(2,3)13(15(4,5)6)12-10-8-7-9-11-12;1-13(2,3)16(15,14(4,5)6)12-10-8-7-9-11-12;1-9-12(8,10(2,3)4)11(5,6)7;1-7(2,3)9(8(4,5)6,10(12,13)14)11(15,16)17;1-9(2,3)11(7,8)10(4,5)6;1-8(9(2,3)4)10(5,6)7;1-8(2,3)7(10)9(4,5)6;1-7(2,3)11(9,10)8(4,5)6;3*1-7(2,3)9-8(4,5)6/h8-12H,1-7H3;7-11,13H,1-6H3;7-11H,1-6H3;9H2,1-8H3;1-6H3;1-8H3;8H,1-7H3;1-6H3;1-6H3;1-6H3;9H,1-6H3;1-6H3. The molecule has 0 spiro atoms. The summed E-state index contributed by atoms with van der Waals surface area (Å²) in [5.41, 5.74) is -0.768. The highest BCUT2D eigenvalue weighted by Crippen LogP contribution is 2.69. The molecule has 868 valence electrons. The minimum absolute atomic E-state index is 0.0156. The van der Waals surface area contributed by atoms with Gasteiger partial charge in [-0.05, 0) is 199 Å². The summed E-state index contributed by atoms with van der Waals surface area (Å²) >= 11 is 2.01. The van der Waals surface area contributed by atoms with Crippen molar-refractivity contribution in [3.63, 3.8) is 0 Å². The van der Waals surface area contributed by atoms with Gasteiger partial charge in [-0.3, -0.25) is 4.79 Å². The van der Waals surface area contributed by atoms with Gasteiger partial charge in [-0.25, -0.2) is 8.42 Å². The molecule has 145 heavy (non-hydrogen) atoms. The first-order valence-corrected chi connectivity index (χ1v) is 59.3. The minimum atomic E-state index is -5.36. The Morgan fingerprint density at radius 2 is 0.566 bits per heavy atom. The van der Waals surface area contributed by atoms with E-state index >= 15 is 0 Å². The van der Waals surface area contributed by atoms with Gasteiger partial charge in [0.15, 0.2) is 15.3 Å². The molecule has 0 amide bonds. The number of Topliss-reactive ketones (excluding diaryl/α,β-unsaturated/α-hetero) is 1. The van der Waals surface area contributed by atoms with Crippen LogP contribution in [0.15, 0.2) is 91.0 Å². The average Bonchev–Trinajstić information content (AvgIpc) is 0.699. The maximum atomic E-state index is 13.5. The number of carbonyl (C=O) groups excluding carboxylic acids is 1. The van der Waals surface area contributed by atoms with Gasteiger partial charge in [0, 0.05) is 41.4 Å². The summed E-state index contributed by atoms with van der Waals surface area (Å²) in [6.45, 7) is 164. The molecule has 15 heteroatoms. The van der Waals surface area contributed by atoms with E-state index in [4.69, 9.17) is 4.74 Å². The molecule has 0 unspecified atom stereocenters. The molecule has 0 aliphatic rings. The van der Waals surface area contributed by atoms with E-state index in [0.717, 1.165) is 61.3 Å². The number of benzene rings is 3. The molecule has 3 aromatic rings. The van der Waals surface area contributed by atoms with E-state index in [1.807, 2.05) is 83.6 Å². The zero-order valence-electron chi connectivity index (χ0n) is 112. The van der Waals surface area contributed by atoms with Crippen molar-refractivity contribution >= 4 is 48.4 Å². The van der Waals surface area contributed by atoms with Gasteiger partial charge >= 0.3 is 12.4 Å². The van der Waals surface area contributed by atoms with E-state index in [1.54, 1.807) is 41.5 Å². The van der Waals surface area contributed by atoms with Crippen molar-refractivity contribution in [3.8, 4) is 0 Å². The molecule has 0 fully saturated rings. The Morgan fingerprint density at radius 1 is 0.331 bits per heavy atom. The number of hydrogen-bond acceptors (Lipinski definition) is 6. The second-order valence-corrected chi connectivity index (χ2v) is 80.5. The third-order valence-electron chi connectivity index (χ3n) is 28.6. The second kappa shape index (κ2) is 54.7. The van der Waals surface area contributed by atoms with E-state index in [9.17, 15) is 44.1 Å². The zero-order chi connectivity index (χ0) is 121. The zero-order valence-corrected chi connectivity index (χ0v) is 115. The molecule has 0 atom stereocenters. The number of carbonyl (C=O) groups is 1. The van der Waals surface area contributed by atoms with E-state index in [2.05, 4.69) is 476 Å². The number of thioether (sulfide) groups is 1. The molecule has 5 nitrogen and oxygen atoms in total. The Balaban J connectivity index is -0.000000200. The number of ketones is 1. The van der Waals surface area contributed by atoms with Crippen molar-refractivity contribution in [1.82, 2.24) is 0 Å². The topological polar surface area (TPSA) is 77.5 Å². The number of halogens is 6. The van der Waals surface area contributed by atoms with Gasteiger partial charge in [-0.2, -0.15) is 38.1 Å². The molecule has 0 radical (unpaired) electrons. The van der Waals surface area contributed by atoms with Gasteiger partial charge in [0.25, 0.3) is 0 Å². The van der Waals surface area contributed by atoms with Crippen LogP contribution in [0.3, 0.4) is 0 Å². The molecule has 0 heterocycles. The van der Waals surface area contributed by atoms with Crippen molar-refractivity contribution in [1.29, 1.82) is 0 Å². The second-order valence-electron chi connectivity index (χ2n) is 66.7. The molecule has 0 N–H and O–H groups in total. The number of hydrogen-bond donors (Lipinski definition) is 0. The lowest BCUT2D eigenvalue weighted by molar-refractivity contribution is -0.403. The Kier molecular flexibility index (Phi) is 60.5. The molecular weight excluding hydrogens is 1880 g/mol. The number of rotatable bonds is 4. The Morgan fingerprint density at radius 3 is 0.655 bits per heavy atom. The van der Waals surface area contributed by atoms with Gasteiger partial charge in [0.1, 0.15) is 12.9 Å². The summed E-state index contributed by atoms with van der Waals surface area (Å²) < 4.78 is 121. The fraction of sp³-hybridized carbons (Fsp3) is 0.854. The molecule has 0 bridgehead atoms. The number of sulfone groups is 1. The van der Waals surface area contributed by atoms with E-state index in [-0.39, 0.29) is 48.6 Å². The molecule has 0 saturated heterocycles. The predicted molar refractivity (Wildman–Crippen MR) is 653 cm³/mol. The molecule has 3 rings (SSSR count). The Labute approximate surface area is 912 Å². The van der Waals surface area contributed by atoms with Gasteiger partial charge in [0.2, 0.25) is 0 Å². The molecule has 0 aliphatic heterocycles. The van der Waals surface area contributed by atoms with Gasteiger partial charge < -0.3 is 9.30 Å². The van der Waals surface area contributed by atoms with Gasteiger partial charge in [-0.1, -0.05) is 548 Å². The van der Waals surface area contributed by atoms with Crippen LogP contribution in [-0.4, -0.2) is 77.4 Å². The monoisotopic (exact) mass is 2140 g/mol. The highest BCUT2D eigenvalue weighted by Gasteiger charge is 2.80. The molecule has 0 aromatic heterocycles. The predicted octanol–water partition coefficient (Wildman–Crippen LogP) is 45.5. The number of ether oxygens (including phenoxy) is 1. The highest BCUT2D eigenvalue weighted by atomic mass is 32.2. The first-order valence-electron chi connectivity index (χ1n) is 54.3. The van der Waals surface area contributed by atoms with Crippen LogP contribution in [0.1, 0.15) is 564 Å². The van der Waals surface area contributed by atoms with Crippen molar-refractivity contribution in [3.05, 3.63) is 102 Å². The van der Waals surface area contributed by atoms with E-state index in [0.29, 0.717) is 85.7 Å². The number of alkyl halides is 6. The summed E-state index contributed by atoms with van der Waals surface area (Å²) in [7, 11) is -4.40. The maximum Gasteiger partial charge on any atom is 0.404 e. The van der Waals surface area contributed by atoms with Crippen molar-refractivity contribution in [2.45, 2.75) is 621 Å². The molecule has 0 aliphatic carbocycles.